The van der Waals surface area contributed by atoms with Gasteiger partial charge in [-0.15, -0.1) is 0 Å². The average Bonchev–Trinajstić information content (AvgIpc) is 3.32. The number of aromatic nitrogens is 3. The van der Waals surface area contributed by atoms with Gasteiger partial charge in [0.2, 0.25) is 0 Å². The van der Waals surface area contributed by atoms with Crippen molar-refractivity contribution in [3.05, 3.63) is 126 Å². The summed E-state index contributed by atoms with van der Waals surface area (Å²) in [7, 11) is 0. The zero-order valence-corrected chi connectivity index (χ0v) is 18.0. The van der Waals surface area contributed by atoms with Crippen LogP contribution in [0.5, 0.6) is 0 Å². The van der Waals surface area contributed by atoms with Gasteiger partial charge in [0.1, 0.15) is 11.3 Å². The van der Waals surface area contributed by atoms with Gasteiger partial charge in [0, 0.05) is 5.56 Å². The van der Waals surface area contributed by atoms with Crippen molar-refractivity contribution in [1.82, 2.24) is 19.9 Å². The molecule has 0 unspecified atom stereocenters. The Labute approximate surface area is 194 Å². The average molecular weight is 454 g/mol. The first-order valence-corrected chi connectivity index (χ1v) is 10.7. The van der Waals surface area contributed by atoms with Crippen LogP contribution in [0.1, 0.15) is 39.6 Å². The van der Waals surface area contributed by atoms with Gasteiger partial charge in [-0.05, 0) is 17.2 Å². The van der Waals surface area contributed by atoms with Crippen LogP contribution in [0, 0.1) is 0 Å². The summed E-state index contributed by atoms with van der Waals surface area (Å²) in [6, 6.07) is 29.0. The maximum atomic E-state index is 13.9. The molecule has 5 rings (SSSR count). The highest BCUT2D eigenvalue weighted by Gasteiger charge is 2.24. The van der Waals surface area contributed by atoms with Crippen LogP contribution in [0.15, 0.2) is 103 Å². The predicted molar refractivity (Wildman–Crippen MR) is 126 cm³/mol. The highest BCUT2D eigenvalue weighted by atomic mass is 19.3. The third-order valence-corrected chi connectivity index (χ3v) is 5.58. The van der Waals surface area contributed by atoms with Crippen molar-refractivity contribution in [2.45, 2.75) is 12.5 Å². The lowest BCUT2D eigenvalue weighted by molar-refractivity contribution is 0.0944. The molecule has 3 aromatic carbocycles. The number of carbonyl (C=O) groups excluding carboxylic acids is 1. The number of benzene rings is 3. The Hall–Kier alpha value is -4.39. The molecule has 1 N–H and O–H groups in total. The van der Waals surface area contributed by atoms with Crippen molar-refractivity contribution in [2.75, 3.05) is 0 Å². The van der Waals surface area contributed by atoms with Crippen LogP contribution in [0.4, 0.5) is 8.78 Å². The number of carbonyl (C=O) groups is 1. The van der Waals surface area contributed by atoms with E-state index in [-0.39, 0.29) is 16.9 Å². The Morgan fingerprint density at radius 2 is 1.38 bits per heavy atom. The molecule has 0 spiro atoms. The van der Waals surface area contributed by atoms with Gasteiger partial charge >= 0.3 is 0 Å². The van der Waals surface area contributed by atoms with Crippen molar-refractivity contribution in [3.8, 4) is 11.3 Å². The molecule has 1 amide bonds. The van der Waals surface area contributed by atoms with Crippen molar-refractivity contribution in [1.29, 1.82) is 0 Å². The van der Waals surface area contributed by atoms with Gasteiger partial charge in [0.25, 0.3) is 12.3 Å². The lowest BCUT2D eigenvalue weighted by Crippen LogP contribution is -2.29. The molecule has 0 saturated carbocycles. The molecule has 7 heteroatoms. The van der Waals surface area contributed by atoms with Gasteiger partial charge < -0.3 is 5.32 Å². The van der Waals surface area contributed by atoms with E-state index in [0.29, 0.717) is 11.3 Å². The molecule has 0 atom stereocenters. The minimum Gasteiger partial charge on any atom is -0.341 e. The Bertz CT molecular complexity index is 1380. The topological polar surface area (TPSA) is 59.3 Å². The number of hydrogen-bond acceptors (Lipinski definition) is 3. The van der Waals surface area contributed by atoms with Crippen LogP contribution in [0.2, 0.25) is 0 Å². The van der Waals surface area contributed by atoms with Crippen LogP contribution in [0.25, 0.3) is 16.9 Å². The number of halogens is 2. The summed E-state index contributed by atoms with van der Waals surface area (Å²) in [4.78, 5) is 17.9. The second kappa shape index (κ2) is 9.23. The molecule has 5 nitrogen and oxygen atoms in total. The Morgan fingerprint density at radius 3 is 1.94 bits per heavy atom. The predicted octanol–water partition coefficient (Wildman–Crippen LogP) is 5.85. The van der Waals surface area contributed by atoms with E-state index in [9.17, 15) is 13.6 Å². The van der Waals surface area contributed by atoms with Gasteiger partial charge in [0.15, 0.2) is 5.65 Å². The molecule has 2 heterocycles. The minimum absolute atomic E-state index is 0.0778. The van der Waals surface area contributed by atoms with Gasteiger partial charge in [0.05, 0.1) is 17.9 Å². The number of rotatable bonds is 6. The van der Waals surface area contributed by atoms with E-state index < -0.39 is 18.4 Å². The monoisotopic (exact) mass is 454 g/mol. The molecule has 2 aromatic heterocycles. The van der Waals surface area contributed by atoms with E-state index in [2.05, 4.69) is 15.4 Å². The summed E-state index contributed by atoms with van der Waals surface area (Å²) in [6.45, 7) is 0. The molecule has 0 bridgehead atoms. The van der Waals surface area contributed by atoms with E-state index in [4.69, 9.17) is 0 Å². The second-order valence-electron chi connectivity index (χ2n) is 7.75. The molecule has 34 heavy (non-hydrogen) atoms. The molecule has 0 radical (unpaired) electrons. The summed E-state index contributed by atoms with van der Waals surface area (Å²) in [6.07, 6.45) is -1.50. The maximum absolute atomic E-state index is 13.9. The molecular formula is C27H20F2N4O. The van der Waals surface area contributed by atoms with Crippen LogP contribution < -0.4 is 5.32 Å². The Kier molecular flexibility index (Phi) is 5.82. The highest BCUT2D eigenvalue weighted by Crippen LogP contribution is 2.28. The highest BCUT2D eigenvalue weighted by molar-refractivity contribution is 6.00. The summed E-state index contributed by atoms with van der Waals surface area (Å²) >= 11 is 0. The quantitative estimate of drug-likeness (QED) is 0.350. The molecule has 0 aliphatic carbocycles. The fourth-order valence-electron chi connectivity index (χ4n) is 3.92. The van der Waals surface area contributed by atoms with Crippen molar-refractivity contribution in [3.63, 3.8) is 0 Å². The minimum atomic E-state index is -2.79. The van der Waals surface area contributed by atoms with E-state index in [1.807, 2.05) is 66.7 Å². The smallest absolute Gasteiger partial charge is 0.280 e. The Morgan fingerprint density at radius 1 is 0.824 bits per heavy atom. The van der Waals surface area contributed by atoms with Crippen LogP contribution in [-0.2, 0) is 0 Å². The zero-order valence-electron chi connectivity index (χ0n) is 18.0. The van der Waals surface area contributed by atoms with Gasteiger partial charge in [-0.25, -0.2) is 18.3 Å². The third-order valence-electron chi connectivity index (χ3n) is 5.58. The third kappa shape index (κ3) is 4.15. The van der Waals surface area contributed by atoms with Gasteiger partial charge in [-0.2, -0.15) is 5.10 Å². The van der Waals surface area contributed by atoms with Crippen LogP contribution in [-0.4, -0.2) is 20.5 Å². The lowest BCUT2D eigenvalue weighted by atomic mass is 9.98. The number of amides is 1. The summed E-state index contributed by atoms with van der Waals surface area (Å²) in [5.41, 5.74) is 2.68. The molecule has 0 aliphatic heterocycles. The molecular weight excluding hydrogens is 434 g/mol. The number of alkyl halides is 2. The molecule has 168 valence electrons. The summed E-state index contributed by atoms with van der Waals surface area (Å²) < 4.78 is 28.8. The number of nitrogens with one attached hydrogen (secondary N) is 1. The van der Waals surface area contributed by atoms with Crippen molar-refractivity contribution < 1.29 is 13.6 Å². The van der Waals surface area contributed by atoms with Gasteiger partial charge in [-0.3, -0.25) is 4.79 Å². The zero-order chi connectivity index (χ0) is 23.5. The first kappa shape index (κ1) is 21.5. The van der Waals surface area contributed by atoms with Crippen LogP contribution >= 0.6 is 0 Å². The van der Waals surface area contributed by atoms with Crippen molar-refractivity contribution in [2.24, 2.45) is 0 Å². The summed E-state index contributed by atoms with van der Waals surface area (Å²) in [5.74, 6) is -0.453. The number of hydrogen-bond donors (Lipinski definition) is 1. The Balaban J connectivity index is 1.58. The van der Waals surface area contributed by atoms with E-state index in [0.717, 1.165) is 15.6 Å². The number of nitrogens with zero attached hydrogens (tertiary/aromatic N) is 3. The van der Waals surface area contributed by atoms with E-state index in [1.165, 1.54) is 12.3 Å². The second-order valence-corrected chi connectivity index (χ2v) is 7.75. The standard InChI is InChI=1S/C27H20F2N4O/c28-25(29)23-16-22(18-10-4-1-5-11-18)31-26-21(17-30-33(23)26)27(34)32-24(19-12-6-2-7-13-19)20-14-8-3-9-15-20/h1-17,24-25H,(H,32,34). The lowest BCUT2D eigenvalue weighted by Gasteiger charge is -2.19. The largest absolute Gasteiger partial charge is 0.341 e. The maximum Gasteiger partial charge on any atom is 0.280 e. The molecule has 0 aliphatic rings. The van der Waals surface area contributed by atoms with Crippen molar-refractivity contribution >= 4 is 11.6 Å². The van der Waals surface area contributed by atoms with E-state index >= 15 is 0 Å². The first-order chi connectivity index (χ1) is 16.6. The molecule has 0 saturated heterocycles. The van der Waals surface area contributed by atoms with Crippen LogP contribution in [0.3, 0.4) is 0 Å². The van der Waals surface area contributed by atoms with E-state index in [1.54, 1.807) is 24.3 Å². The SMILES string of the molecule is O=C(NC(c1ccccc1)c1ccccc1)c1cnn2c(C(F)F)cc(-c3ccccc3)nc12. The molecule has 5 aromatic rings. The fourth-order valence-corrected chi connectivity index (χ4v) is 3.92. The van der Waals surface area contributed by atoms with Gasteiger partial charge in [-0.1, -0.05) is 91.0 Å². The number of fused-ring (bicyclic) bond motifs is 1. The normalized spacial score (nSPS) is 11.3. The fraction of sp³-hybridized carbons (Fsp3) is 0.0741. The summed E-state index contributed by atoms with van der Waals surface area (Å²) in [5, 5.41) is 7.09. The molecule has 0 fully saturated rings. The first-order valence-electron chi connectivity index (χ1n) is 10.7.